The van der Waals surface area contributed by atoms with Gasteiger partial charge >= 0.3 is 0 Å². The van der Waals surface area contributed by atoms with Crippen LogP contribution in [0.25, 0.3) is 0 Å². The second kappa shape index (κ2) is 7.24. The van der Waals surface area contributed by atoms with Crippen molar-refractivity contribution in [2.75, 3.05) is 5.33 Å². The normalized spacial score (nSPS) is 12.4. The molecule has 0 heterocycles. The Bertz CT molecular complexity index is 545. The molecule has 0 saturated carbocycles. The van der Waals surface area contributed by atoms with Crippen molar-refractivity contribution in [2.45, 2.75) is 19.8 Å². The lowest BCUT2D eigenvalue weighted by Gasteiger charge is -2.16. The van der Waals surface area contributed by atoms with E-state index in [1.54, 1.807) is 12.1 Å². The standard InChI is InChI=1S/C17H17BrClF/c1-12-5-7-13(8-6-12)9-14(11-18)10-15-16(19)3-2-4-17(15)20/h2-8,14H,9-11H2,1H3. The average Bonchev–Trinajstić information content (AvgIpc) is 2.44. The van der Waals surface area contributed by atoms with E-state index in [-0.39, 0.29) is 5.82 Å². The maximum atomic E-state index is 13.8. The molecule has 0 aromatic heterocycles. The van der Waals surface area contributed by atoms with E-state index in [1.807, 2.05) is 0 Å². The number of alkyl halides is 1. The summed E-state index contributed by atoms with van der Waals surface area (Å²) in [6.45, 7) is 2.07. The van der Waals surface area contributed by atoms with Gasteiger partial charge in [0.25, 0.3) is 0 Å². The minimum Gasteiger partial charge on any atom is -0.207 e. The number of benzene rings is 2. The largest absolute Gasteiger partial charge is 0.207 e. The molecule has 20 heavy (non-hydrogen) atoms. The van der Waals surface area contributed by atoms with Crippen LogP contribution in [0, 0.1) is 18.7 Å². The van der Waals surface area contributed by atoms with E-state index < -0.39 is 0 Å². The molecule has 1 atom stereocenters. The molecule has 0 saturated heterocycles. The van der Waals surface area contributed by atoms with Crippen molar-refractivity contribution < 1.29 is 4.39 Å². The van der Waals surface area contributed by atoms with Crippen molar-refractivity contribution in [1.29, 1.82) is 0 Å². The zero-order valence-electron chi connectivity index (χ0n) is 11.4. The average molecular weight is 356 g/mol. The fourth-order valence-electron chi connectivity index (χ4n) is 2.25. The molecule has 2 aromatic carbocycles. The SMILES string of the molecule is Cc1ccc(CC(CBr)Cc2c(F)cccc2Cl)cc1. The highest BCUT2D eigenvalue weighted by Crippen LogP contribution is 2.25. The minimum atomic E-state index is -0.215. The zero-order valence-corrected chi connectivity index (χ0v) is 13.7. The van der Waals surface area contributed by atoms with Gasteiger partial charge in [0, 0.05) is 15.9 Å². The van der Waals surface area contributed by atoms with Crippen molar-refractivity contribution in [3.63, 3.8) is 0 Å². The number of aryl methyl sites for hydroxylation is 1. The Kier molecular flexibility index (Phi) is 5.62. The molecule has 0 amide bonds. The molecule has 0 bridgehead atoms. The Balaban J connectivity index is 2.11. The summed E-state index contributed by atoms with van der Waals surface area (Å²) in [5, 5.41) is 1.34. The number of halogens is 3. The van der Waals surface area contributed by atoms with Crippen LogP contribution < -0.4 is 0 Å². The fraction of sp³-hybridized carbons (Fsp3) is 0.294. The number of rotatable bonds is 5. The van der Waals surface area contributed by atoms with Crippen molar-refractivity contribution in [1.82, 2.24) is 0 Å². The van der Waals surface area contributed by atoms with Crippen LogP contribution in [0.4, 0.5) is 4.39 Å². The zero-order chi connectivity index (χ0) is 14.5. The Morgan fingerprint density at radius 3 is 2.40 bits per heavy atom. The van der Waals surface area contributed by atoms with Crippen molar-refractivity contribution in [2.24, 2.45) is 5.92 Å². The molecule has 0 aliphatic carbocycles. The van der Waals surface area contributed by atoms with Crippen LogP contribution in [-0.4, -0.2) is 5.33 Å². The highest BCUT2D eigenvalue weighted by atomic mass is 79.9. The third-order valence-corrected chi connectivity index (χ3v) is 4.69. The number of hydrogen-bond acceptors (Lipinski definition) is 0. The maximum absolute atomic E-state index is 13.8. The molecule has 0 N–H and O–H groups in total. The van der Waals surface area contributed by atoms with Crippen LogP contribution in [0.15, 0.2) is 42.5 Å². The first-order chi connectivity index (χ1) is 9.60. The van der Waals surface area contributed by atoms with E-state index >= 15 is 0 Å². The Labute approximate surface area is 133 Å². The molecular weight excluding hydrogens is 339 g/mol. The van der Waals surface area contributed by atoms with Crippen LogP contribution in [0.5, 0.6) is 0 Å². The van der Waals surface area contributed by atoms with Crippen LogP contribution in [-0.2, 0) is 12.8 Å². The van der Waals surface area contributed by atoms with Crippen LogP contribution in [0.2, 0.25) is 5.02 Å². The van der Waals surface area contributed by atoms with Gasteiger partial charge in [0.05, 0.1) is 0 Å². The predicted octanol–water partition coefficient (Wildman–Crippen LogP) is 5.58. The molecule has 2 rings (SSSR count). The smallest absolute Gasteiger partial charge is 0.127 e. The third-order valence-electron chi connectivity index (χ3n) is 3.42. The summed E-state index contributed by atoms with van der Waals surface area (Å²) in [4.78, 5) is 0. The van der Waals surface area contributed by atoms with Gasteiger partial charge in [-0.2, -0.15) is 0 Å². The van der Waals surface area contributed by atoms with Gasteiger partial charge in [0.15, 0.2) is 0 Å². The van der Waals surface area contributed by atoms with Gasteiger partial charge in [-0.15, -0.1) is 0 Å². The van der Waals surface area contributed by atoms with E-state index in [1.165, 1.54) is 17.2 Å². The quantitative estimate of drug-likeness (QED) is 0.614. The highest BCUT2D eigenvalue weighted by Gasteiger charge is 2.14. The van der Waals surface area contributed by atoms with Gasteiger partial charge in [0.1, 0.15) is 5.82 Å². The van der Waals surface area contributed by atoms with Crippen molar-refractivity contribution >= 4 is 27.5 Å². The molecule has 0 aliphatic rings. The van der Waals surface area contributed by atoms with E-state index in [0.717, 1.165) is 11.8 Å². The van der Waals surface area contributed by atoms with E-state index in [0.29, 0.717) is 22.9 Å². The van der Waals surface area contributed by atoms with Crippen molar-refractivity contribution in [3.05, 3.63) is 70.0 Å². The van der Waals surface area contributed by atoms with Gasteiger partial charge < -0.3 is 0 Å². The first kappa shape index (κ1) is 15.5. The molecule has 0 radical (unpaired) electrons. The molecule has 0 nitrogen and oxygen atoms in total. The van der Waals surface area contributed by atoms with Gasteiger partial charge in [-0.1, -0.05) is 63.4 Å². The van der Waals surface area contributed by atoms with Gasteiger partial charge in [-0.3, -0.25) is 0 Å². The summed E-state index contributed by atoms with van der Waals surface area (Å²) in [5.74, 6) is 0.111. The van der Waals surface area contributed by atoms with Crippen LogP contribution in [0.1, 0.15) is 16.7 Å². The molecule has 106 valence electrons. The predicted molar refractivity (Wildman–Crippen MR) is 87.3 cm³/mol. The Hall–Kier alpha value is -0.860. The van der Waals surface area contributed by atoms with Crippen LogP contribution >= 0.6 is 27.5 Å². The summed E-state index contributed by atoms with van der Waals surface area (Å²) in [6.07, 6.45) is 1.56. The number of hydrogen-bond donors (Lipinski definition) is 0. The second-order valence-corrected chi connectivity index (χ2v) is 6.17. The van der Waals surface area contributed by atoms with Gasteiger partial charge in [-0.25, -0.2) is 4.39 Å². The molecule has 1 unspecified atom stereocenters. The molecular formula is C17H17BrClF. The van der Waals surface area contributed by atoms with E-state index in [4.69, 9.17) is 11.6 Å². The molecule has 0 fully saturated rings. The van der Waals surface area contributed by atoms with E-state index in [9.17, 15) is 4.39 Å². The van der Waals surface area contributed by atoms with Crippen LogP contribution in [0.3, 0.4) is 0 Å². The third kappa shape index (κ3) is 4.07. The molecule has 2 aromatic rings. The first-order valence-electron chi connectivity index (χ1n) is 6.64. The lowest BCUT2D eigenvalue weighted by molar-refractivity contribution is 0.550. The fourth-order valence-corrected chi connectivity index (χ4v) is 2.95. The Morgan fingerprint density at radius 2 is 1.80 bits per heavy atom. The first-order valence-corrected chi connectivity index (χ1v) is 8.14. The van der Waals surface area contributed by atoms with Gasteiger partial charge in [0.2, 0.25) is 0 Å². The Morgan fingerprint density at radius 1 is 1.10 bits per heavy atom. The summed E-state index contributed by atoms with van der Waals surface area (Å²) in [5.41, 5.74) is 3.14. The monoisotopic (exact) mass is 354 g/mol. The highest BCUT2D eigenvalue weighted by molar-refractivity contribution is 9.09. The molecule has 0 aliphatic heterocycles. The van der Waals surface area contributed by atoms with Gasteiger partial charge in [-0.05, 0) is 43.4 Å². The topological polar surface area (TPSA) is 0 Å². The molecule has 3 heteroatoms. The maximum Gasteiger partial charge on any atom is 0.127 e. The summed E-state index contributed by atoms with van der Waals surface area (Å²) >= 11 is 9.63. The minimum absolute atomic E-state index is 0.215. The lowest BCUT2D eigenvalue weighted by Crippen LogP contribution is -2.11. The lowest BCUT2D eigenvalue weighted by atomic mass is 9.93. The molecule has 0 spiro atoms. The summed E-state index contributed by atoms with van der Waals surface area (Å²) < 4.78 is 13.8. The second-order valence-electron chi connectivity index (χ2n) is 5.11. The van der Waals surface area contributed by atoms with E-state index in [2.05, 4.69) is 47.1 Å². The van der Waals surface area contributed by atoms with Crippen molar-refractivity contribution in [3.8, 4) is 0 Å². The summed E-state index contributed by atoms with van der Waals surface area (Å²) in [6, 6.07) is 13.3. The summed E-state index contributed by atoms with van der Waals surface area (Å²) in [7, 11) is 0.